The van der Waals surface area contributed by atoms with Gasteiger partial charge in [0.15, 0.2) is 5.16 Å². The van der Waals surface area contributed by atoms with Gasteiger partial charge in [-0.1, -0.05) is 35.5 Å². The van der Waals surface area contributed by atoms with Crippen molar-refractivity contribution in [3.63, 3.8) is 0 Å². The SMILES string of the molecule is CCN(CC)c1cc(Cl)nc(SCc2ccc(C(=O)NCc3ccncc3)cc2)n1. The first-order valence-corrected chi connectivity index (χ1v) is 11.1. The molecule has 0 radical (unpaired) electrons. The van der Waals surface area contributed by atoms with E-state index in [1.54, 1.807) is 18.5 Å². The second kappa shape index (κ2) is 10.9. The molecule has 2 aromatic heterocycles. The molecule has 1 amide bonds. The van der Waals surface area contributed by atoms with Gasteiger partial charge in [0, 0.05) is 49.4 Å². The Kier molecular flexibility index (Phi) is 8.04. The van der Waals surface area contributed by atoms with Gasteiger partial charge in [0.2, 0.25) is 0 Å². The molecular formula is C22H24ClN5OS. The number of nitrogens with zero attached hydrogens (tertiary/aromatic N) is 4. The first kappa shape index (κ1) is 22.1. The number of hydrogen-bond donors (Lipinski definition) is 1. The van der Waals surface area contributed by atoms with Crippen molar-refractivity contribution >= 4 is 35.1 Å². The molecule has 0 unspecified atom stereocenters. The van der Waals surface area contributed by atoms with Gasteiger partial charge in [-0.2, -0.15) is 0 Å². The number of thioether (sulfide) groups is 1. The van der Waals surface area contributed by atoms with Crippen molar-refractivity contribution in [1.82, 2.24) is 20.3 Å². The van der Waals surface area contributed by atoms with Crippen LogP contribution >= 0.6 is 23.4 Å². The van der Waals surface area contributed by atoms with Crippen LogP contribution < -0.4 is 10.2 Å². The molecule has 0 saturated carbocycles. The van der Waals surface area contributed by atoms with E-state index in [2.05, 4.69) is 39.0 Å². The molecule has 0 aliphatic rings. The number of halogens is 1. The number of nitrogens with one attached hydrogen (secondary N) is 1. The molecule has 0 atom stereocenters. The van der Waals surface area contributed by atoms with Crippen LogP contribution in [0, 0.1) is 0 Å². The molecule has 0 fully saturated rings. The molecule has 2 heterocycles. The van der Waals surface area contributed by atoms with E-state index in [4.69, 9.17) is 11.6 Å². The van der Waals surface area contributed by atoms with Crippen molar-refractivity contribution in [2.75, 3.05) is 18.0 Å². The summed E-state index contributed by atoms with van der Waals surface area (Å²) in [6.07, 6.45) is 3.42. The molecular weight excluding hydrogens is 418 g/mol. The lowest BCUT2D eigenvalue weighted by Crippen LogP contribution is -2.23. The molecule has 0 aliphatic heterocycles. The molecule has 1 N–H and O–H groups in total. The summed E-state index contributed by atoms with van der Waals surface area (Å²) in [6, 6.07) is 13.1. The minimum atomic E-state index is -0.104. The van der Waals surface area contributed by atoms with Gasteiger partial charge in [0.25, 0.3) is 5.91 Å². The Morgan fingerprint density at radius 1 is 1.03 bits per heavy atom. The van der Waals surface area contributed by atoms with E-state index < -0.39 is 0 Å². The smallest absolute Gasteiger partial charge is 0.251 e. The van der Waals surface area contributed by atoms with Crippen LogP contribution in [0.5, 0.6) is 0 Å². The van der Waals surface area contributed by atoms with E-state index in [0.29, 0.717) is 28.2 Å². The Bertz CT molecular complexity index is 965. The molecule has 3 aromatic rings. The summed E-state index contributed by atoms with van der Waals surface area (Å²) < 4.78 is 0. The molecule has 6 nitrogen and oxygen atoms in total. The molecule has 0 bridgehead atoms. The highest BCUT2D eigenvalue weighted by atomic mass is 35.5. The number of pyridine rings is 1. The maximum atomic E-state index is 12.3. The Labute approximate surface area is 186 Å². The average molecular weight is 442 g/mol. The van der Waals surface area contributed by atoms with Crippen molar-refractivity contribution in [3.8, 4) is 0 Å². The monoisotopic (exact) mass is 441 g/mol. The van der Waals surface area contributed by atoms with Crippen LogP contribution in [0.2, 0.25) is 5.15 Å². The topological polar surface area (TPSA) is 71.0 Å². The second-order valence-corrected chi connectivity index (χ2v) is 7.86. The van der Waals surface area contributed by atoms with Gasteiger partial charge in [-0.3, -0.25) is 9.78 Å². The van der Waals surface area contributed by atoms with Crippen LogP contribution in [0.25, 0.3) is 0 Å². The summed E-state index contributed by atoms with van der Waals surface area (Å²) in [5.74, 6) is 1.42. The summed E-state index contributed by atoms with van der Waals surface area (Å²) in [4.78, 5) is 27.4. The Morgan fingerprint density at radius 2 is 1.73 bits per heavy atom. The maximum absolute atomic E-state index is 12.3. The van der Waals surface area contributed by atoms with Gasteiger partial charge < -0.3 is 10.2 Å². The van der Waals surface area contributed by atoms with Crippen LogP contribution in [0.4, 0.5) is 5.82 Å². The van der Waals surface area contributed by atoms with Crippen molar-refractivity contribution in [3.05, 3.63) is 76.7 Å². The molecule has 0 saturated heterocycles. The standard InChI is InChI=1S/C22H24ClN5OS/c1-3-28(4-2)20-13-19(23)26-22(27-20)30-15-17-5-7-18(8-6-17)21(29)25-14-16-9-11-24-12-10-16/h5-13H,3-4,14-15H2,1-2H3,(H,25,29). The van der Waals surface area contributed by atoms with Gasteiger partial charge in [0.1, 0.15) is 11.0 Å². The van der Waals surface area contributed by atoms with Crippen molar-refractivity contribution < 1.29 is 4.79 Å². The van der Waals surface area contributed by atoms with E-state index in [9.17, 15) is 4.79 Å². The normalized spacial score (nSPS) is 10.6. The minimum Gasteiger partial charge on any atom is -0.357 e. The fourth-order valence-corrected chi connectivity index (χ4v) is 3.88. The first-order valence-electron chi connectivity index (χ1n) is 9.77. The molecule has 0 spiro atoms. The van der Waals surface area contributed by atoms with Crippen LogP contribution in [0.3, 0.4) is 0 Å². The summed E-state index contributed by atoms with van der Waals surface area (Å²) in [6.45, 7) is 6.36. The van der Waals surface area contributed by atoms with Gasteiger partial charge >= 0.3 is 0 Å². The van der Waals surface area contributed by atoms with Crippen LogP contribution in [0.1, 0.15) is 35.3 Å². The summed E-state index contributed by atoms with van der Waals surface area (Å²) in [5, 5.41) is 4.00. The number of anilines is 1. The number of carbonyl (C=O) groups excluding carboxylic acids is 1. The highest BCUT2D eigenvalue weighted by Crippen LogP contribution is 2.24. The molecule has 156 valence electrons. The molecule has 0 aliphatic carbocycles. The predicted molar refractivity (Wildman–Crippen MR) is 122 cm³/mol. The number of carbonyl (C=O) groups is 1. The van der Waals surface area contributed by atoms with Gasteiger partial charge in [-0.15, -0.1) is 0 Å². The number of aromatic nitrogens is 3. The summed E-state index contributed by atoms with van der Waals surface area (Å²) in [5.41, 5.74) is 2.72. The lowest BCUT2D eigenvalue weighted by Gasteiger charge is -2.20. The highest BCUT2D eigenvalue weighted by molar-refractivity contribution is 7.98. The highest BCUT2D eigenvalue weighted by Gasteiger charge is 2.10. The lowest BCUT2D eigenvalue weighted by atomic mass is 10.1. The third-order valence-corrected chi connectivity index (χ3v) is 5.65. The zero-order valence-corrected chi connectivity index (χ0v) is 18.6. The average Bonchev–Trinajstić information content (AvgIpc) is 2.78. The summed E-state index contributed by atoms with van der Waals surface area (Å²) >= 11 is 7.70. The Balaban J connectivity index is 1.57. The van der Waals surface area contributed by atoms with Crippen molar-refractivity contribution in [1.29, 1.82) is 0 Å². The fourth-order valence-electron chi connectivity index (χ4n) is 2.84. The minimum absolute atomic E-state index is 0.104. The third-order valence-electron chi connectivity index (χ3n) is 4.53. The zero-order valence-electron chi connectivity index (χ0n) is 17.0. The summed E-state index contributed by atoms with van der Waals surface area (Å²) in [7, 11) is 0. The van der Waals surface area contributed by atoms with Crippen molar-refractivity contribution in [2.24, 2.45) is 0 Å². The van der Waals surface area contributed by atoms with Crippen molar-refractivity contribution in [2.45, 2.75) is 31.3 Å². The Morgan fingerprint density at radius 3 is 2.40 bits per heavy atom. The van der Waals surface area contributed by atoms with E-state index in [1.165, 1.54) is 11.8 Å². The van der Waals surface area contributed by atoms with E-state index in [1.807, 2.05) is 36.4 Å². The largest absolute Gasteiger partial charge is 0.357 e. The number of rotatable bonds is 9. The Hall–Kier alpha value is -2.64. The van der Waals surface area contributed by atoms with Crippen LogP contribution in [0.15, 0.2) is 60.0 Å². The maximum Gasteiger partial charge on any atom is 0.251 e. The van der Waals surface area contributed by atoms with Gasteiger partial charge in [-0.25, -0.2) is 9.97 Å². The third kappa shape index (κ3) is 6.18. The number of amides is 1. The van der Waals surface area contributed by atoms with Gasteiger partial charge in [-0.05, 0) is 49.2 Å². The quantitative estimate of drug-likeness (QED) is 0.297. The number of benzene rings is 1. The molecule has 8 heteroatoms. The molecule has 1 aromatic carbocycles. The van der Waals surface area contributed by atoms with Crippen LogP contribution in [-0.4, -0.2) is 33.9 Å². The fraction of sp³-hybridized carbons (Fsp3) is 0.273. The number of hydrogen-bond acceptors (Lipinski definition) is 6. The molecule has 3 rings (SSSR count). The first-order chi connectivity index (χ1) is 14.6. The zero-order chi connectivity index (χ0) is 21.3. The van der Waals surface area contributed by atoms with E-state index in [0.717, 1.165) is 30.0 Å². The van der Waals surface area contributed by atoms with Crippen LogP contribution in [-0.2, 0) is 12.3 Å². The molecule has 30 heavy (non-hydrogen) atoms. The van der Waals surface area contributed by atoms with E-state index >= 15 is 0 Å². The lowest BCUT2D eigenvalue weighted by molar-refractivity contribution is 0.0951. The van der Waals surface area contributed by atoms with Gasteiger partial charge in [0.05, 0.1) is 0 Å². The predicted octanol–water partition coefficient (Wildman–Crippen LogP) is 4.59. The second-order valence-electron chi connectivity index (χ2n) is 6.53. The van der Waals surface area contributed by atoms with E-state index in [-0.39, 0.29) is 5.91 Å².